The van der Waals surface area contributed by atoms with E-state index >= 15 is 0 Å². The van der Waals surface area contributed by atoms with Crippen molar-refractivity contribution in [3.8, 4) is 0 Å². The molecule has 24 heavy (non-hydrogen) atoms. The first-order chi connectivity index (χ1) is 11.2. The predicted molar refractivity (Wildman–Crippen MR) is 89.9 cm³/mol. The molecule has 1 aliphatic heterocycles. The normalized spacial score (nSPS) is 32.2. The van der Waals surface area contributed by atoms with Gasteiger partial charge in [-0.3, -0.25) is 9.59 Å². The van der Waals surface area contributed by atoms with E-state index in [0.29, 0.717) is 32.2 Å². The number of sulfonamides is 1. The van der Waals surface area contributed by atoms with Gasteiger partial charge in [0.05, 0.1) is 23.1 Å². The minimum Gasteiger partial charge on any atom is -0.481 e. The Labute approximate surface area is 143 Å². The maximum absolute atomic E-state index is 12.7. The Balaban J connectivity index is 2.07. The molecule has 2 aliphatic rings. The summed E-state index contributed by atoms with van der Waals surface area (Å²) in [7, 11) is -3.30. The molecule has 0 aromatic heterocycles. The van der Waals surface area contributed by atoms with E-state index in [4.69, 9.17) is 0 Å². The zero-order valence-corrected chi connectivity index (χ0v) is 15.3. The average molecular weight is 360 g/mol. The fourth-order valence-corrected chi connectivity index (χ4v) is 5.03. The van der Waals surface area contributed by atoms with Crippen molar-refractivity contribution in [1.82, 2.24) is 9.62 Å². The minimum absolute atomic E-state index is 0.0279. The first kappa shape index (κ1) is 19.2. The highest BCUT2D eigenvalue weighted by Crippen LogP contribution is 2.34. The lowest BCUT2D eigenvalue weighted by atomic mass is 9.73. The van der Waals surface area contributed by atoms with Gasteiger partial charge < -0.3 is 10.4 Å². The van der Waals surface area contributed by atoms with Crippen LogP contribution in [0.2, 0.25) is 0 Å². The maximum atomic E-state index is 12.7. The van der Waals surface area contributed by atoms with Gasteiger partial charge in [0, 0.05) is 13.1 Å². The lowest BCUT2D eigenvalue weighted by Crippen LogP contribution is -2.58. The van der Waals surface area contributed by atoms with E-state index in [1.54, 1.807) is 13.8 Å². The average Bonchev–Trinajstić information content (AvgIpc) is 2.54. The van der Waals surface area contributed by atoms with Crippen molar-refractivity contribution in [3.05, 3.63) is 0 Å². The van der Waals surface area contributed by atoms with Gasteiger partial charge in [0.15, 0.2) is 0 Å². The molecule has 1 aliphatic carbocycles. The summed E-state index contributed by atoms with van der Waals surface area (Å²) in [6.07, 6.45) is 4.23. The highest BCUT2D eigenvalue weighted by molar-refractivity contribution is 7.89. The van der Waals surface area contributed by atoms with E-state index in [1.165, 1.54) is 4.31 Å². The number of hydrogen-bond acceptors (Lipinski definition) is 4. The lowest BCUT2D eigenvalue weighted by molar-refractivity contribution is -0.147. The molecular weight excluding hydrogens is 332 g/mol. The van der Waals surface area contributed by atoms with Crippen LogP contribution in [0.15, 0.2) is 0 Å². The molecule has 8 heteroatoms. The number of aliphatic carboxylic acids is 1. The Morgan fingerprint density at radius 3 is 2.58 bits per heavy atom. The molecule has 3 unspecified atom stereocenters. The van der Waals surface area contributed by atoms with Crippen LogP contribution >= 0.6 is 0 Å². The quantitative estimate of drug-likeness (QED) is 0.767. The molecule has 1 saturated carbocycles. The fraction of sp³-hybridized carbons (Fsp3) is 0.875. The third kappa shape index (κ3) is 4.08. The fourth-order valence-electron chi connectivity index (χ4n) is 3.85. The third-order valence-corrected chi connectivity index (χ3v) is 7.28. The molecule has 1 saturated heterocycles. The number of piperidine rings is 1. The van der Waals surface area contributed by atoms with E-state index in [1.807, 2.05) is 0 Å². The smallest absolute Gasteiger partial charge is 0.308 e. The van der Waals surface area contributed by atoms with Crippen LogP contribution in [0.1, 0.15) is 52.4 Å². The molecule has 138 valence electrons. The summed E-state index contributed by atoms with van der Waals surface area (Å²) in [4.78, 5) is 24.2. The summed E-state index contributed by atoms with van der Waals surface area (Å²) in [5.74, 6) is -2.07. The molecule has 0 bridgehead atoms. The Hall–Kier alpha value is -1.15. The van der Waals surface area contributed by atoms with Crippen molar-refractivity contribution >= 4 is 21.9 Å². The van der Waals surface area contributed by atoms with Crippen molar-refractivity contribution in [2.45, 2.75) is 57.9 Å². The molecule has 1 heterocycles. The topological polar surface area (TPSA) is 104 Å². The number of amides is 1. The Morgan fingerprint density at radius 1 is 1.25 bits per heavy atom. The van der Waals surface area contributed by atoms with Crippen LogP contribution in [0.25, 0.3) is 0 Å². The summed E-state index contributed by atoms with van der Waals surface area (Å²) >= 11 is 0. The number of carboxylic acids is 1. The van der Waals surface area contributed by atoms with Crippen molar-refractivity contribution in [3.63, 3.8) is 0 Å². The highest BCUT2D eigenvalue weighted by Gasteiger charge is 2.43. The summed E-state index contributed by atoms with van der Waals surface area (Å²) in [5, 5.41) is 12.4. The predicted octanol–water partition coefficient (Wildman–Crippen LogP) is 1.20. The van der Waals surface area contributed by atoms with E-state index in [-0.39, 0.29) is 18.2 Å². The molecule has 2 fully saturated rings. The van der Waals surface area contributed by atoms with Gasteiger partial charge in [-0.05, 0) is 39.5 Å². The molecule has 2 rings (SSSR count). The molecule has 0 spiro atoms. The Bertz CT molecular complexity index is 591. The van der Waals surface area contributed by atoms with Crippen LogP contribution in [0.4, 0.5) is 0 Å². The maximum Gasteiger partial charge on any atom is 0.308 e. The van der Waals surface area contributed by atoms with Crippen LogP contribution in [-0.4, -0.2) is 54.1 Å². The first-order valence-electron chi connectivity index (χ1n) is 8.72. The summed E-state index contributed by atoms with van der Waals surface area (Å²) in [5.41, 5.74) is -0.757. The summed E-state index contributed by atoms with van der Waals surface area (Å²) < 4.78 is 25.5. The molecule has 3 atom stereocenters. The summed E-state index contributed by atoms with van der Waals surface area (Å²) in [6.45, 7) is 4.04. The molecule has 0 radical (unpaired) electrons. The van der Waals surface area contributed by atoms with Gasteiger partial charge in [-0.2, -0.15) is 0 Å². The number of nitrogens with one attached hydrogen (secondary N) is 1. The number of carbonyl (C=O) groups excluding carboxylic acids is 1. The van der Waals surface area contributed by atoms with Crippen LogP contribution in [0.3, 0.4) is 0 Å². The van der Waals surface area contributed by atoms with Crippen molar-refractivity contribution in [2.75, 3.05) is 18.8 Å². The van der Waals surface area contributed by atoms with Gasteiger partial charge in [-0.25, -0.2) is 12.7 Å². The Kier molecular flexibility index (Phi) is 5.91. The van der Waals surface area contributed by atoms with E-state index in [9.17, 15) is 23.1 Å². The minimum atomic E-state index is -3.30. The van der Waals surface area contributed by atoms with Crippen LogP contribution in [-0.2, 0) is 19.6 Å². The van der Waals surface area contributed by atoms with Gasteiger partial charge in [-0.15, -0.1) is 0 Å². The van der Waals surface area contributed by atoms with Crippen LogP contribution in [0, 0.1) is 11.8 Å². The van der Waals surface area contributed by atoms with Gasteiger partial charge in [-0.1, -0.05) is 12.8 Å². The molecule has 2 N–H and O–H groups in total. The zero-order chi connectivity index (χ0) is 18.0. The number of carboxylic acid groups (broad SMARTS) is 1. The standard InChI is InChI=1S/C16H28N2O5S/c1-3-24(22,23)18-10-6-7-12(11-18)14(19)17-16(2)9-5-4-8-13(16)15(20)21/h12-13H,3-11H2,1-2H3,(H,17,19)(H,20,21). The van der Waals surface area contributed by atoms with Crippen molar-refractivity contribution in [1.29, 1.82) is 0 Å². The van der Waals surface area contributed by atoms with Gasteiger partial charge in [0.25, 0.3) is 0 Å². The second kappa shape index (κ2) is 7.39. The second-order valence-electron chi connectivity index (χ2n) is 7.14. The molecule has 7 nitrogen and oxygen atoms in total. The van der Waals surface area contributed by atoms with E-state index in [2.05, 4.69) is 5.32 Å². The third-order valence-electron chi connectivity index (χ3n) is 5.43. The monoisotopic (exact) mass is 360 g/mol. The number of carbonyl (C=O) groups is 2. The van der Waals surface area contributed by atoms with Crippen LogP contribution < -0.4 is 5.32 Å². The number of hydrogen-bond donors (Lipinski definition) is 2. The summed E-state index contributed by atoms with van der Waals surface area (Å²) in [6, 6.07) is 0. The second-order valence-corrected chi connectivity index (χ2v) is 9.40. The Morgan fingerprint density at radius 2 is 1.96 bits per heavy atom. The van der Waals surface area contributed by atoms with Gasteiger partial charge in [0.1, 0.15) is 0 Å². The number of nitrogens with zero attached hydrogens (tertiary/aromatic N) is 1. The van der Waals surface area contributed by atoms with Crippen molar-refractivity contribution < 1.29 is 23.1 Å². The molecule has 0 aromatic carbocycles. The zero-order valence-electron chi connectivity index (χ0n) is 14.5. The number of rotatable bonds is 5. The highest BCUT2D eigenvalue weighted by atomic mass is 32.2. The van der Waals surface area contributed by atoms with Gasteiger partial charge in [0.2, 0.25) is 15.9 Å². The van der Waals surface area contributed by atoms with Crippen molar-refractivity contribution in [2.24, 2.45) is 11.8 Å². The molecule has 1 amide bonds. The molecular formula is C16H28N2O5S. The molecule has 0 aromatic rings. The van der Waals surface area contributed by atoms with Crippen LogP contribution in [0.5, 0.6) is 0 Å². The SMILES string of the molecule is CCS(=O)(=O)N1CCCC(C(=O)NC2(C)CCCCC2C(=O)O)C1. The first-order valence-corrected chi connectivity index (χ1v) is 10.3. The van der Waals surface area contributed by atoms with Gasteiger partial charge >= 0.3 is 5.97 Å². The van der Waals surface area contributed by atoms with E-state index in [0.717, 1.165) is 12.8 Å². The van der Waals surface area contributed by atoms with E-state index < -0.39 is 33.4 Å². The largest absolute Gasteiger partial charge is 0.481 e. The lowest BCUT2D eigenvalue weighted by Gasteiger charge is -2.41.